The summed E-state index contributed by atoms with van der Waals surface area (Å²) in [5, 5.41) is 2.98. The van der Waals surface area contributed by atoms with E-state index in [0.29, 0.717) is 0 Å². The predicted molar refractivity (Wildman–Crippen MR) is 34.7 cm³/mol. The molecule has 1 N–H and O–H groups in total. The van der Waals surface area contributed by atoms with Crippen molar-refractivity contribution in [1.82, 2.24) is 5.10 Å². The Kier molecular flexibility index (Phi) is 1.32. The molecule has 1 aromatic rings. The Hall–Kier alpha value is -0.0600. The van der Waals surface area contributed by atoms with Gasteiger partial charge in [0.15, 0.2) is 7.05 Å². The van der Waals surface area contributed by atoms with Gasteiger partial charge in [0.05, 0.1) is 6.20 Å². The van der Waals surface area contributed by atoms with Gasteiger partial charge in [0, 0.05) is 28.7 Å². The van der Waals surface area contributed by atoms with Crippen molar-refractivity contribution in [3.63, 3.8) is 0 Å². The van der Waals surface area contributed by atoms with Crippen molar-refractivity contribution in [3.8, 4) is 0 Å². The SMILES string of the molecule is C[n+]1[nH]ccc1I. The van der Waals surface area contributed by atoms with E-state index in [-0.39, 0.29) is 0 Å². The van der Waals surface area contributed by atoms with E-state index >= 15 is 0 Å². The quantitative estimate of drug-likeness (QED) is 0.472. The largest absolute Gasteiger partial charge is 0.266 e. The van der Waals surface area contributed by atoms with Gasteiger partial charge in [-0.05, 0) is 0 Å². The number of H-pyrrole nitrogens is 1. The minimum absolute atomic E-state index is 1.22. The standard InChI is InChI=1S/C4H5IN2/c1-7-4(5)2-3-6-7/h2-3H,1H3/p+1. The smallest absolute Gasteiger partial charge is 0.172 e. The van der Waals surface area contributed by atoms with Gasteiger partial charge >= 0.3 is 0 Å². The topological polar surface area (TPSA) is 19.7 Å². The highest BCUT2D eigenvalue weighted by Crippen LogP contribution is 1.90. The number of halogens is 1. The minimum Gasteiger partial charge on any atom is -0.172 e. The lowest BCUT2D eigenvalue weighted by Gasteiger charge is -1.72. The summed E-state index contributed by atoms with van der Waals surface area (Å²) >= 11 is 2.25. The van der Waals surface area contributed by atoms with Gasteiger partial charge in [-0.15, -0.1) is 4.68 Å². The Morgan fingerprint density at radius 3 is 2.71 bits per heavy atom. The van der Waals surface area contributed by atoms with E-state index in [1.165, 1.54) is 3.70 Å². The molecule has 0 atom stereocenters. The number of aromatic nitrogens is 2. The third-order valence-corrected chi connectivity index (χ3v) is 1.89. The Morgan fingerprint density at radius 1 is 1.86 bits per heavy atom. The van der Waals surface area contributed by atoms with Gasteiger partial charge in [-0.1, -0.05) is 0 Å². The van der Waals surface area contributed by atoms with Crippen molar-refractivity contribution in [2.24, 2.45) is 7.05 Å². The molecule has 1 aromatic heterocycles. The minimum atomic E-state index is 1.22. The molecule has 1 heterocycles. The molecule has 0 fully saturated rings. The van der Waals surface area contributed by atoms with Crippen LogP contribution in [-0.4, -0.2) is 5.10 Å². The maximum absolute atomic E-state index is 2.98. The van der Waals surface area contributed by atoms with Crippen LogP contribution in [0.2, 0.25) is 0 Å². The molecule has 0 aliphatic rings. The van der Waals surface area contributed by atoms with E-state index in [2.05, 4.69) is 27.7 Å². The van der Waals surface area contributed by atoms with Crippen LogP contribution in [0, 0.1) is 3.70 Å². The normalized spacial score (nSPS) is 9.43. The van der Waals surface area contributed by atoms with E-state index in [4.69, 9.17) is 0 Å². The Bertz CT molecular complexity index is 142. The van der Waals surface area contributed by atoms with Gasteiger partial charge in [0.2, 0.25) is 0 Å². The lowest BCUT2D eigenvalue weighted by Crippen LogP contribution is -2.32. The van der Waals surface area contributed by atoms with Crippen molar-refractivity contribution in [2.75, 3.05) is 0 Å². The zero-order chi connectivity index (χ0) is 5.28. The van der Waals surface area contributed by atoms with Gasteiger partial charge in [0.1, 0.15) is 0 Å². The zero-order valence-corrected chi connectivity index (χ0v) is 6.14. The zero-order valence-electron chi connectivity index (χ0n) is 3.98. The Balaban J connectivity index is 3.12. The first-order valence-corrected chi connectivity index (χ1v) is 3.07. The fourth-order valence-electron chi connectivity index (χ4n) is 0.391. The highest BCUT2D eigenvalue weighted by Gasteiger charge is 1.96. The van der Waals surface area contributed by atoms with Crippen LogP contribution in [0.15, 0.2) is 12.3 Å². The third kappa shape index (κ3) is 0.933. The van der Waals surface area contributed by atoms with Gasteiger partial charge in [0.25, 0.3) is 3.70 Å². The number of rotatable bonds is 0. The molecular weight excluding hydrogens is 203 g/mol. The average molecular weight is 209 g/mol. The first-order chi connectivity index (χ1) is 3.30. The van der Waals surface area contributed by atoms with Crippen LogP contribution in [0.3, 0.4) is 0 Å². The molecule has 1 rings (SSSR count). The second-order valence-electron chi connectivity index (χ2n) is 1.34. The molecule has 7 heavy (non-hydrogen) atoms. The highest BCUT2D eigenvalue weighted by molar-refractivity contribution is 14.1. The molecule has 0 aliphatic carbocycles. The molecule has 0 aliphatic heterocycles. The molecule has 0 radical (unpaired) electrons. The maximum atomic E-state index is 2.98. The summed E-state index contributed by atoms with van der Waals surface area (Å²) in [7, 11) is 1.97. The number of nitrogens with one attached hydrogen (secondary N) is 1. The summed E-state index contributed by atoms with van der Waals surface area (Å²) in [6, 6.07) is 2.01. The number of hydrogen-bond donors (Lipinski definition) is 1. The van der Waals surface area contributed by atoms with E-state index in [1.807, 2.05) is 24.0 Å². The number of nitrogens with zero attached hydrogens (tertiary/aromatic N) is 1. The van der Waals surface area contributed by atoms with Gasteiger partial charge in [-0.3, -0.25) is 0 Å². The van der Waals surface area contributed by atoms with Crippen molar-refractivity contribution >= 4 is 22.6 Å². The molecule has 0 aromatic carbocycles. The average Bonchev–Trinajstić information content (AvgIpc) is 1.91. The van der Waals surface area contributed by atoms with Gasteiger partial charge in [-0.2, -0.15) is 5.10 Å². The van der Waals surface area contributed by atoms with E-state index in [0.717, 1.165) is 0 Å². The van der Waals surface area contributed by atoms with Crippen LogP contribution in [0.25, 0.3) is 0 Å². The molecular formula is C4H6IN2+. The summed E-state index contributed by atoms with van der Waals surface area (Å²) in [5.74, 6) is 0. The number of aryl methyl sites for hydroxylation is 1. The third-order valence-electron chi connectivity index (χ3n) is 0.809. The summed E-state index contributed by atoms with van der Waals surface area (Å²) < 4.78 is 3.16. The second-order valence-corrected chi connectivity index (χ2v) is 2.45. The first-order valence-electron chi connectivity index (χ1n) is 1.99. The predicted octanol–water partition coefficient (Wildman–Crippen LogP) is 0.444. The lowest BCUT2D eigenvalue weighted by atomic mass is 10.8. The Morgan fingerprint density at radius 2 is 2.57 bits per heavy atom. The molecule has 0 amide bonds. The number of hydrogen-bond acceptors (Lipinski definition) is 0. The van der Waals surface area contributed by atoms with Crippen molar-refractivity contribution in [2.45, 2.75) is 0 Å². The summed E-state index contributed by atoms with van der Waals surface area (Å²) in [6.07, 6.45) is 1.90. The monoisotopic (exact) mass is 209 g/mol. The molecule has 0 saturated heterocycles. The van der Waals surface area contributed by atoms with E-state index in [9.17, 15) is 0 Å². The number of aromatic amines is 1. The van der Waals surface area contributed by atoms with E-state index in [1.54, 1.807) is 0 Å². The Labute approximate surface area is 55.7 Å². The first kappa shape index (κ1) is 5.08. The molecule has 2 nitrogen and oxygen atoms in total. The molecule has 38 valence electrons. The van der Waals surface area contributed by atoms with Crippen LogP contribution < -0.4 is 4.68 Å². The summed E-state index contributed by atoms with van der Waals surface area (Å²) in [6.45, 7) is 0. The maximum Gasteiger partial charge on any atom is 0.266 e. The summed E-state index contributed by atoms with van der Waals surface area (Å²) in [5.41, 5.74) is 0. The van der Waals surface area contributed by atoms with Crippen LogP contribution >= 0.6 is 22.6 Å². The highest BCUT2D eigenvalue weighted by atomic mass is 127. The van der Waals surface area contributed by atoms with Crippen LogP contribution in [0.4, 0.5) is 0 Å². The van der Waals surface area contributed by atoms with E-state index < -0.39 is 0 Å². The van der Waals surface area contributed by atoms with Crippen LogP contribution in [0.1, 0.15) is 0 Å². The molecule has 0 unspecified atom stereocenters. The van der Waals surface area contributed by atoms with Gasteiger partial charge < -0.3 is 0 Å². The fourth-order valence-corrected chi connectivity index (χ4v) is 0.710. The van der Waals surface area contributed by atoms with Crippen LogP contribution in [-0.2, 0) is 7.05 Å². The summed E-state index contributed by atoms with van der Waals surface area (Å²) in [4.78, 5) is 0. The fraction of sp³-hybridized carbons (Fsp3) is 0.250. The molecule has 0 bridgehead atoms. The second kappa shape index (κ2) is 1.81. The lowest BCUT2D eigenvalue weighted by molar-refractivity contribution is -0.738. The molecule has 0 spiro atoms. The van der Waals surface area contributed by atoms with Crippen molar-refractivity contribution < 1.29 is 4.68 Å². The van der Waals surface area contributed by atoms with Crippen LogP contribution in [0.5, 0.6) is 0 Å². The van der Waals surface area contributed by atoms with Crippen molar-refractivity contribution in [3.05, 3.63) is 16.0 Å². The van der Waals surface area contributed by atoms with Gasteiger partial charge in [-0.25, -0.2) is 0 Å². The molecule has 3 heteroatoms. The molecule has 0 saturated carbocycles. The van der Waals surface area contributed by atoms with Crippen molar-refractivity contribution in [1.29, 1.82) is 0 Å².